The molecule has 1 N–H and O–H groups in total. The highest BCUT2D eigenvalue weighted by Crippen LogP contribution is 2.40. The highest BCUT2D eigenvalue weighted by atomic mass is 32.2. The predicted molar refractivity (Wildman–Crippen MR) is 113 cm³/mol. The molecule has 2 aromatic rings. The van der Waals surface area contributed by atoms with Crippen LogP contribution in [0.3, 0.4) is 0 Å². The number of hydrogen-bond donors (Lipinski definition) is 1. The molecule has 1 aromatic carbocycles. The number of aliphatic carboxylic acids is 1. The van der Waals surface area contributed by atoms with Crippen LogP contribution in [0.4, 0.5) is 8.78 Å². The fourth-order valence-electron chi connectivity index (χ4n) is 3.60. The Morgan fingerprint density at radius 2 is 2.00 bits per heavy atom. The molecule has 0 spiro atoms. The van der Waals surface area contributed by atoms with E-state index in [1.807, 2.05) is 5.38 Å². The fourth-order valence-corrected chi connectivity index (χ4v) is 5.91. The molecule has 4 rings (SSSR count). The largest absolute Gasteiger partial charge is 0.481 e. The van der Waals surface area contributed by atoms with Gasteiger partial charge in [0.1, 0.15) is 4.32 Å². The second-order valence-electron chi connectivity index (χ2n) is 6.92. The first-order chi connectivity index (χ1) is 13.8. The SMILES string of the molecule is O=C(O)[C@H]1CC[C@@H](N2C(=O)/C(=C/c3cc(-c4ccc(F)c(F)c4)cs3)SC2=S)C1. The zero-order valence-electron chi connectivity index (χ0n) is 14.9. The van der Waals surface area contributed by atoms with Crippen molar-refractivity contribution in [2.45, 2.75) is 25.3 Å². The summed E-state index contributed by atoms with van der Waals surface area (Å²) in [5.74, 6) is -3.29. The van der Waals surface area contributed by atoms with E-state index in [1.165, 1.54) is 29.2 Å². The number of halogens is 2. The Bertz CT molecular complexity index is 1050. The summed E-state index contributed by atoms with van der Waals surface area (Å²) in [4.78, 5) is 26.9. The van der Waals surface area contributed by atoms with E-state index in [0.717, 1.165) is 22.6 Å². The van der Waals surface area contributed by atoms with Crippen LogP contribution < -0.4 is 0 Å². The van der Waals surface area contributed by atoms with Crippen LogP contribution in [-0.4, -0.2) is 32.2 Å². The molecule has 2 aliphatic rings. The van der Waals surface area contributed by atoms with Gasteiger partial charge in [0, 0.05) is 10.9 Å². The van der Waals surface area contributed by atoms with Gasteiger partial charge in [-0.05, 0) is 60.0 Å². The molecule has 29 heavy (non-hydrogen) atoms. The van der Waals surface area contributed by atoms with E-state index in [-0.39, 0.29) is 11.9 Å². The number of amides is 1. The van der Waals surface area contributed by atoms with Gasteiger partial charge in [-0.3, -0.25) is 14.5 Å². The van der Waals surface area contributed by atoms with Crippen molar-refractivity contribution in [3.05, 3.63) is 51.1 Å². The van der Waals surface area contributed by atoms with Gasteiger partial charge in [-0.15, -0.1) is 11.3 Å². The van der Waals surface area contributed by atoms with Crippen LogP contribution in [0.2, 0.25) is 0 Å². The number of hydrogen-bond acceptors (Lipinski definition) is 5. The molecular formula is C20H15F2NO3S3. The molecule has 150 valence electrons. The first kappa shape index (κ1) is 20.2. The summed E-state index contributed by atoms with van der Waals surface area (Å²) in [5.41, 5.74) is 1.29. The molecule has 4 nitrogen and oxygen atoms in total. The average molecular weight is 452 g/mol. The lowest BCUT2D eigenvalue weighted by Crippen LogP contribution is -2.37. The van der Waals surface area contributed by atoms with Crippen LogP contribution >= 0.6 is 35.3 Å². The topological polar surface area (TPSA) is 57.6 Å². The molecular weight excluding hydrogens is 436 g/mol. The molecule has 0 bridgehead atoms. The molecule has 2 heterocycles. The quantitative estimate of drug-likeness (QED) is 0.515. The summed E-state index contributed by atoms with van der Waals surface area (Å²) in [5, 5.41) is 11.0. The first-order valence-electron chi connectivity index (χ1n) is 8.87. The van der Waals surface area contributed by atoms with E-state index in [1.54, 1.807) is 17.0 Å². The molecule has 1 saturated carbocycles. The summed E-state index contributed by atoms with van der Waals surface area (Å²) in [6, 6.07) is 5.34. The van der Waals surface area contributed by atoms with Crippen molar-refractivity contribution >= 4 is 57.6 Å². The van der Waals surface area contributed by atoms with E-state index in [9.17, 15) is 23.5 Å². The maximum Gasteiger partial charge on any atom is 0.306 e. The Morgan fingerprint density at radius 1 is 1.21 bits per heavy atom. The van der Waals surface area contributed by atoms with Gasteiger partial charge in [0.25, 0.3) is 5.91 Å². The summed E-state index contributed by atoms with van der Waals surface area (Å²) in [6.07, 6.45) is 3.31. The standard InChI is InChI=1S/C20H15F2NO3S3/c21-15-4-2-10(7-16(15)22)12-6-14(28-9-12)8-17-18(24)23(20(27)29-17)13-3-1-11(5-13)19(25)26/h2,4,6-9,11,13H,1,3,5H2,(H,25,26)/b17-8-/t11-,13+/m0/s1. The Labute approximate surface area is 179 Å². The average Bonchev–Trinajstić information content (AvgIpc) is 3.38. The normalized spacial score (nSPS) is 23.4. The summed E-state index contributed by atoms with van der Waals surface area (Å²) in [6.45, 7) is 0. The Hall–Kier alpha value is -2.10. The molecule has 2 fully saturated rings. The lowest BCUT2D eigenvalue weighted by atomic mass is 10.1. The second-order valence-corrected chi connectivity index (χ2v) is 9.54. The van der Waals surface area contributed by atoms with Crippen molar-refractivity contribution in [3.8, 4) is 11.1 Å². The van der Waals surface area contributed by atoms with Crippen molar-refractivity contribution in [1.29, 1.82) is 0 Å². The van der Waals surface area contributed by atoms with Crippen LogP contribution in [-0.2, 0) is 9.59 Å². The van der Waals surface area contributed by atoms with Gasteiger partial charge in [0.15, 0.2) is 11.6 Å². The predicted octanol–water partition coefficient (Wildman–Crippen LogP) is 5.15. The minimum Gasteiger partial charge on any atom is -0.481 e. The van der Waals surface area contributed by atoms with Crippen molar-refractivity contribution in [2.75, 3.05) is 0 Å². The zero-order chi connectivity index (χ0) is 20.7. The fraction of sp³-hybridized carbons (Fsp3) is 0.250. The Morgan fingerprint density at radius 3 is 2.69 bits per heavy atom. The zero-order valence-corrected chi connectivity index (χ0v) is 17.4. The Balaban J connectivity index is 1.53. The van der Waals surface area contributed by atoms with E-state index >= 15 is 0 Å². The number of nitrogens with zero attached hydrogens (tertiary/aromatic N) is 1. The molecule has 9 heteroatoms. The van der Waals surface area contributed by atoms with E-state index < -0.39 is 23.5 Å². The Kier molecular flexibility index (Phi) is 5.54. The molecule has 1 saturated heterocycles. The van der Waals surface area contributed by atoms with E-state index in [4.69, 9.17) is 12.2 Å². The smallest absolute Gasteiger partial charge is 0.306 e. The minimum absolute atomic E-state index is 0.185. The van der Waals surface area contributed by atoms with Crippen molar-refractivity contribution in [2.24, 2.45) is 5.92 Å². The summed E-state index contributed by atoms with van der Waals surface area (Å²) < 4.78 is 27.0. The van der Waals surface area contributed by atoms with E-state index in [2.05, 4.69) is 0 Å². The minimum atomic E-state index is -0.910. The number of thiocarbonyl (C=S) groups is 1. The summed E-state index contributed by atoms with van der Waals surface area (Å²) in [7, 11) is 0. The van der Waals surface area contributed by atoms with Crippen LogP contribution in [0.15, 0.2) is 34.6 Å². The van der Waals surface area contributed by atoms with Crippen LogP contribution in [0, 0.1) is 17.6 Å². The molecule has 1 amide bonds. The number of benzene rings is 1. The molecule has 2 atom stereocenters. The summed E-state index contributed by atoms with van der Waals surface area (Å²) >= 11 is 7.95. The molecule has 1 aromatic heterocycles. The number of thioether (sulfide) groups is 1. The number of rotatable bonds is 4. The number of thiophene rings is 1. The molecule has 1 aliphatic heterocycles. The van der Waals surface area contributed by atoms with Gasteiger partial charge in [-0.2, -0.15) is 0 Å². The lowest BCUT2D eigenvalue weighted by molar-refractivity contribution is -0.141. The van der Waals surface area contributed by atoms with Crippen molar-refractivity contribution in [1.82, 2.24) is 4.90 Å². The number of carboxylic acids is 1. The molecule has 0 unspecified atom stereocenters. The van der Waals surface area contributed by atoms with Crippen LogP contribution in [0.1, 0.15) is 24.1 Å². The van der Waals surface area contributed by atoms with Gasteiger partial charge < -0.3 is 5.11 Å². The second kappa shape index (κ2) is 7.97. The lowest BCUT2D eigenvalue weighted by Gasteiger charge is -2.22. The third-order valence-electron chi connectivity index (χ3n) is 5.09. The van der Waals surface area contributed by atoms with Crippen LogP contribution in [0.25, 0.3) is 17.2 Å². The number of carboxylic acid groups (broad SMARTS) is 1. The number of carbonyl (C=O) groups is 2. The highest BCUT2D eigenvalue weighted by Gasteiger charge is 2.42. The van der Waals surface area contributed by atoms with Crippen molar-refractivity contribution in [3.63, 3.8) is 0 Å². The first-order valence-corrected chi connectivity index (χ1v) is 11.0. The number of carbonyl (C=O) groups excluding carboxylic acids is 1. The highest BCUT2D eigenvalue weighted by molar-refractivity contribution is 8.26. The van der Waals surface area contributed by atoms with Gasteiger partial charge in [0.05, 0.1) is 10.8 Å². The van der Waals surface area contributed by atoms with Gasteiger partial charge in [0.2, 0.25) is 0 Å². The van der Waals surface area contributed by atoms with Crippen molar-refractivity contribution < 1.29 is 23.5 Å². The van der Waals surface area contributed by atoms with Crippen LogP contribution in [0.5, 0.6) is 0 Å². The van der Waals surface area contributed by atoms with Gasteiger partial charge >= 0.3 is 5.97 Å². The maximum atomic E-state index is 13.5. The third kappa shape index (κ3) is 3.99. The molecule has 0 radical (unpaired) electrons. The van der Waals surface area contributed by atoms with Gasteiger partial charge in [-0.25, -0.2) is 8.78 Å². The molecule has 1 aliphatic carbocycles. The monoisotopic (exact) mass is 451 g/mol. The van der Waals surface area contributed by atoms with E-state index in [0.29, 0.717) is 34.1 Å². The maximum absolute atomic E-state index is 13.5. The third-order valence-corrected chi connectivity index (χ3v) is 7.30. The van der Waals surface area contributed by atoms with Gasteiger partial charge in [-0.1, -0.05) is 30.0 Å².